The Hall–Kier alpha value is -3.07. The van der Waals surface area contributed by atoms with E-state index < -0.39 is 23.3 Å². The Morgan fingerprint density at radius 2 is 2.00 bits per heavy atom. The van der Waals surface area contributed by atoms with Gasteiger partial charge in [-0.25, -0.2) is 0 Å². The minimum absolute atomic E-state index is 0.0613. The third kappa shape index (κ3) is 3.65. The standard InChI is InChI=1S/C19H17BrN2O6/c1-27-14-7-10(3-5-13(14)23)12(8-16(24)28-2)17-18(25)21-15-6-4-11(20)9-22(15)19(17)26/h3-7,9,12,23,25H,8H2,1-2H3/t12-/m1/s1. The Bertz CT molecular complexity index is 1110. The summed E-state index contributed by atoms with van der Waals surface area (Å²) in [7, 11) is 2.62. The number of aromatic hydroxyl groups is 2. The Morgan fingerprint density at radius 3 is 2.68 bits per heavy atom. The van der Waals surface area contributed by atoms with Crippen LogP contribution in [0.5, 0.6) is 17.4 Å². The number of halogens is 1. The van der Waals surface area contributed by atoms with E-state index in [1.807, 2.05) is 0 Å². The molecule has 9 heteroatoms. The molecule has 3 rings (SSSR count). The minimum Gasteiger partial charge on any atom is -0.504 e. The fourth-order valence-electron chi connectivity index (χ4n) is 2.97. The predicted molar refractivity (Wildman–Crippen MR) is 104 cm³/mol. The summed E-state index contributed by atoms with van der Waals surface area (Å²) in [5.74, 6) is -1.84. The maximum Gasteiger partial charge on any atom is 0.306 e. The van der Waals surface area contributed by atoms with E-state index in [1.54, 1.807) is 18.2 Å². The van der Waals surface area contributed by atoms with Crippen molar-refractivity contribution >= 4 is 27.5 Å². The van der Waals surface area contributed by atoms with E-state index in [-0.39, 0.29) is 29.1 Å². The van der Waals surface area contributed by atoms with Gasteiger partial charge in [0.15, 0.2) is 11.5 Å². The molecule has 28 heavy (non-hydrogen) atoms. The molecule has 1 aromatic carbocycles. The van der Waals surface area contributed by atoms with Gasteiger partial charge in [-0.15, -0.1) is 0 Å². The lowest BCUT2D eigenvalue weighted by molar-refractivity contribution is -0.140. The molecule has 2 N–H and O–H groups in total. The van der Waals surface area contributed by atoms with Gasteiger partial charge in [-0.05, 0) is 45.8 Å². The minimum atomic E-state index is -0.863. The molecular formula is C19H17BrN2O6. The average molecular weight is 449 g/mol. The predicted octanol–water partition coefficient (Wildman–Crippen LogP) is 2.57. The zero-order valence-electron chi connectivity index (χ0n) is 15.0. The zero-order valence-corrected chi connectivity index (χ0v) is 16.6. The number of carbonyl (C=O) groups is 1. The van der Waals surface area contributed by atoms with Crippen molar-refractivity contribution < 1.29 is 24.5 Å². The van der Waals surface area contributed by atoms with Crippen molar-refractivity contribution in [3.05, 3.63) is 62.5 Å². The largest absolute Gasteiger partial charge is 0.504 e. The average Bonchev–Trinajstić information content (AvgIpc) is 2.68. The first-order chi connectivity index (χ1) is 13.3. The molecule has 0 bridgehead atoms. The van der Waals surface area contributed by atoms with E-state index in [0.29, 0.717) is 10.0 Å². The number of pyridine rings is 1. The number of nitrogens with zero attached hydrogens (tertiary/aromatic N) is 2. The third-order valence-electron chi connectivity index (χ3n) is 4.35. The first-order valence-corrected chi connectivity index (χ1v) is 8.99. The second kappa shape index (κ2) is 7.89. The maximum atomic E-state index is 13.1. The van der Waals surface area contributed by atoms with Crippen LogP contribution in [0.15, 0.2) is 45.8 Å². The van der Waals surface area contributed by atoms with E-state index in [2.05, 4.69) is 20.9 Å². The number of hydrogen-bond donors (Lipinski definition) is 2. The lowest BCUT2D eigenvalue weighted by Gasteiger charge is -2.18. The van der Waals surface area contributed by atoms with Crippen molar-refractivity contribution in [2.75, 3.05) is 14.2 Å². The first-order valence-electron chi connectivity index (χ1n) is 8.20. The van der Waals surface area contributed by atoms with Gasteiger partial charge in [-0.2, -0.15) is 4.98 Å². The topological polar surface area (TPSA) is 110 Å². The van der Waals surface area contributed by atoms with Crippen LogP contribution in [-0.2, 0) is 9.53 Å². The number of phenols is 1. The summed E-state index contributed by atoms with van der Waals surface area (Å²) >= 11 is 3.30. The van der Waals surface area contributed by atoms with E-state index in [0.717, 1.165) is 0 Å². The summed E-state index contributed by atoms with van der Waals surface area (Å²) < 4.78 is 11.8. The summed E-state index contributed by atoms with van der Waals surface area (Å²) in [5.41, 5.74) is 0.150. The second-order valence-corrected chi connectivity index (χ2v) is 6.91. The molecule has 0 spiro atoms. The van der Waals surface area contributed by atoms with Gasteiger partial charge < -0.3 is 19.7 Å². The first kappa shape index (κ1) is 19.7. The molecule has 8 nitrogen and oxygen atoms in total. The molecule has 0 saturated carbocycles. The monoisotopic (exact) mass is 448 g/mol. The van der Waals surface area contributed by atoms with Gasteiger partial charge in [0.1, 0.15) is 5.65 Å². The van der Waals surface area contributed by atoms with Gasteiger partial charge in [-0.3, -0.25) is 14.0 Å². The number of esters is 1. The quantitative estimate of drug-likeness (QED) is 0.576. The molecule has 146 valence electrons. The van der Waals surface area contributed by atoms with Gasteiger partial charge in [-0.1, -0.05) is 6.07 Å². The van der Waals surface area contributed by atoms with Crippen molar-refractivity contribution in [1.82, 2.24) is 9.38 Å². The van der Waals surface area contributed by atoms with Crippen molar-refractivity contribution in [2.24, 2.45) is 0 Å². The number of carbonyl (C=O) groups excluding carboxylic acids is 1. The fraction of sp³-hybridized carbons (Fsp3) is 0.211. The summed E-state index contributed by atoms with van der Waals surface area (Å²) in [5, 5.41) is 20.3. The van der Waals surface area contributed by atoms with Crippen LogP contribution in [-0.4, -0.2) is 39.8 Å². The molecule has 0 aliphatic heterocycles. The molecule has 0 aliphatic rings. The van der Waals surface area contributed by atoms with Gasteiger partial charge in [0.2, 0.25) is 5.88 Å². The number of fused-ring (bicyclic) bond motifs is 1. The van der Waals surface area contributed by atoms with Crippen LogP contribution in [0, 0.1) is 0 Å². The van der Waals surface area contributed by atoms with E-state index in [1.165, 1.54) is 36.9 Å². The number of rotatable bonds is 5. The van der Waals surface area contributed by atoms with Gasteiger partial charge in [0.25, 0.3) is 5.56 Å². The Balaban J connectivity index is 2.26. The van der Waals surface area contributed by atoms with E-state index in [9.17, 15) is 19.8 Å². The van der Waals surface area contributed by atoms with Crippen molar-refractivity contribution in [1.29, 1.82) is 0 Å². The highest BCUT2D eigenvalue weighted by molar-refractivity contribution is 9.10. The lowest BCUT2D eigenvalue weighted by atomic mass is 9.89. The van der Waals surface area contributed by atoms with E-state index in [4.69, 9.17) is 9.47 Å². The zero-order chi connectivity index (χ0) is 20.4. The molecule has 0 saturated heterocycles. The molecule has 0 unspecified atom stereocenters. The van der Waals surface area contributed by atoms with Gasteiger partial charge >= 0.3 is 5.97 Å². The summed E-state index contributed by atoms with van der Waals surface area (Å²) in [4.78, 5) is 29.2. The third-order valence-corrected chi connectivity index (χ3v) is 4.82. The molecule has 0 amide bonds. The molecule has 2 heterocycles. The van der Waals surface area contributed by atoms with Crippen LogP contribution in [0.25, 0.3) is 5.65 Å². The Kier molecular flexibility index (Phi) is 5.55. The van der Waals surface area contributed by atoms with Crippen LogP contribution < -0.4 is 10.3 Å². The van der Waals surface area contributed by atoms with Gasteiger partial charge in [0, 0.05) is 16.6 Å². The molecular weight excluding hydrogens is 432 g/mol. The van der Waals surface area contributed by atoms with Crippen molar-refractivity contribution in [2.45, 2.75) is 12.3 Å². The summed E-state index contributed by atoms with van der Waals surface area (Å²) in [6, 6.07) is 7.70. The molecule has 2 aromatic heterocycles. The number of phenolic OH excluding ortho intramolecular Hbond substituents is 1. The fourth-order valence-corrected chi connectivity index (χ4v) is 3.30. The van der Waals surface area contributed by atoms with Crippen LogP contribution >= 0.6 is 15.9 Å². The van der Waals surface area contributed by atoms with Crippen molar-refractivity contribution in [3.8, 4) is 17.4 Å². The van der Waals surface area contributed by atoms with Gasteiger partial charge in [0.05, 0.1) is 26.2 Å². The summed E-state index contributed by atoms with van der Waals surface area (Å²) in [6.07, 6.45) is 1.31. The van der Waals surface area contributed by atoms with Crippen LogP contribution in [0.4, 0.5) is 0 Å². The second-order valence-electron chi connectivity index (χ2n) is 5.99. The highest BCUT2D eigenvalue weighted by Gasteiger charge is 2.27. The highest BCUT2D eigenvalue weighted by atomic mass is 79.9. The normalized spacial score (nSPS) is 12.0. The number of aromatic nitrogens is 2. The molecule has 3 aromatic rings. The Labute approximate surface area is 168 Å². The highest BCUT2D eigenvalue weighted by Crippen LogP contribution is 2.36. The lowest BCUT2D eigenvalue weighted by Crippen LogP contribution is -2.24. The van der Waals surface area contributed by atoms with Crippen LogP contribution in [0.3, 0.4) is 0 Å². The van der Waals surface area contributed by atoms with Crippen molar-refractivity contribution in [3.63, 3.8) is 0 Å². The number of methoxy groups -OCH3 is 2. The number of benzene rings is 1. The molecule has 0 radical (unpaired) electrons. The number of ether oxygens (including phenoxy) is 2. The summed E-state index contributed by atoms with van der Waals surface area (Å²) in [6.45, 7) is 0. The smallest absolute Gasteiger partial charge is 0.306 e. The molecule has 1 atom stereocenters. The maximum absolute atomic E-state index is 13.1. The molecule has 0 fully saturated rings. The van der Waals surface area contributed by atoms with Crippen LogP contribution in [0.1, 0.15) is 23.5 Å². The number of hydrogen-bond acceptors (Lipinski definition) is 7. The SMILES string of the molecule is COC(=O)C[C@H](c1ccc(O)c(OC)c1)c1c(O)nc2ccc(Br)cn2c1=O. The van der Waals surface area contributed by atoms with Crippen LogP contribution in [0.2, 0.25) is 0 Å². The Morgan fingerprint density at radius 1 is 1.25 bits per heavy atom. The van der Waals surface area contributed by atoms with E-state index >= 15 is 0 Å². The molecule has 0 aliphatic carbocycles.